The summed E-state index contributed by atoms with van der Waals surface area (Å²) in [6.45, 7) is 0. The summed E-state index contributed by atoms with van der Waals surface area (Å²) in [4.78, 5) is 14.0. The van der Waals surface area contributed by atoms with Gasteiger partial charge in [-0.3, -0.25) is 4.79 Å². The second-order valence-electron chi connectivity index (χ2n) is 5.06. The van der Waals surface area contributed by atoms with Gasteiger partial charge in [0.2, 0.25) is 5.91 Å². The van der Waals surface area contributed by atoms with Gasteiger partial charge in [0, 0.05) is 7.05 Å². The Labute approximate surface area is 118 Å². The molecule has 102 valence electrons. The molecule has 1 heterocycles. The van der Waals surface area contributed by atoms with Crippen molar-refractivity contribution in [2.75, 3.05) is 14.2 Å². The Morgan fingerprint density at radius 3 is 2.20 bits per heavy atom. The normalized spacial score (nSPS) is 21.5. The molecule has 0 saturated carbocycles. The van der Waals surface area contributed by atoms with Crippen molar-refractivity contribution in [1.82, 2.24) is 4.90 Å². The lowest BCUT2D eigenvalue weighted by atomic mass is 9.78. The second-order valence-corrected chi connectivity index (χ2v) is 5.06. The van der Waals surface area contributed by atoms with E-state index in [1.54, 1.807) is 7.11 Å². The summed E-state index contributed by atoms with van der Waals surface area (Å²) in [6, 6.07) is 18.0. The molecule has 3 heteroatoms. The van der Waals surface area contributed by atoms with Gasteiger partial charge in [-0.1, -0.05) is 42.5 Å². The average Bonchev–Trinajstić information content (AvgIpc) is 2.52. The van der Waals surface area contributed by atoms with Crippen LogP contribution in [0.2, 0.25) is 0 Å². The van der Waals surface area contributed by atoms with Crippen LogP contribution < -0.4 is 4.74 Å². The minimum atomic E-state index is -0.0895. The maximum Gasteiger partial charge on any atom is 0.232 e. The molecular weight excluding hydrogens is 250 g/mol. The highest BCUT2D eigenvalue weighted by Crippen LogP contribution is 2.45. The molecule has 1 saturated heterocycles. The first-order valence-corrected chi connectivity index (χ1v) is 6.68. The summed E-state index contributed by atoms with van der Waals surface area (Å²) in [5.41, 5.74) is 2.22. The number of carbonyl (C=O) groups is 1. The molecule has 2 aromatic rings. The monoisotopic (exact) mass is 267 g/mol. The Balaban J connectivity index is 1.92. The molecule has 0 N–H and O–H groups in total. The highest BCUT2D eigenvalue weighted by Gasteiger charge is 2.46. The van der Waals surface area contributed by atoms with Gasteiger partial charge < -0.3 is 9.64 Å². The molecule has 3 nitrogen and oxygen atoms in total. The van der Waals surface area contributed by atoms with Crippen LogP contribution in [0, 0.1) is 0 Å². The predicted octanol–water partition coefficient (Wildman–Crippen LogP) is 2.99. The Kier molecular flexibility index (Phi) is 3.18. The fourth-order valence-corrected chi connectivity index (χ4v) is 2.84. The highest BCUT2D eigenvalue weighted by atomic mass is 16.5. The number of carbonyl (C=O) groups excluding carboxylic acids is 1. The Bertz CT molecular complexity index is 607. The summed E-state index contributed by atoms with van der Waals surface area (Å²) in [5.74, 6) is 0.891. The molecular formula is C17H17NO2. The maximum atomic E-state index is 12.2. The number of hydrogen-bond donors (Lipinski definition) is 0. The molecule has 0 radical (unpaired) electrons. The fourth-order valence-electron chi connectivity index (χ4n) is 2.84. The van der Waals surface area contributed by atoms with Gasteiger partial charge in [-0.2, -0.15) is 0 Å². The number of nitrogens with zero attached hydrogens (tertiary/aromatic N) is 1. The zero-order chi connectivity index (χ0) is 14.1. The van der Waals surface area contributed by atoms with E-state index in [1.165, 1.54) is 5.56 Å². The van der Waals surface area contributed by atoms with Gasteiger partial charge in [0.25, 0.3) is 0 Å². The van der Waals surface area contributed by atoms with Crippen LogP contribution in [0.3, 0.4) is 0 Å². The lowest BCUT2D eigenvalue weighted by molar-refractivity contribution is -0.147. The number of hydrogen-bond acceptors (Lipinski definition) is 2. The Hall–Kier alpha value is -2.29. The van der Waals surface area contributed by atoms with Crippen molar-refractivity contribution < 1.29 is 9.53 Å². The van der Waals surface area contributed by atoms with Crippen LogP contribution in [0.1, 0.15) is 23.1 Å². The van der Waals surface area contributed by atoms with Crippen molar-refractivity contribution >= 4 is 5.91 Å². The van der Waals surface area contributed by atoms with E-state index in [9.17, 15) is 4.79 Å². The number of methoxy groups -OCH3 is 1. The van der Waals surface area contributed by atoms with Crippen LogP contribution in [0.4, 0.5) is 0 Å². The molecule has 0 spiro atoms. The Morgan fingerprint density at radius 1 is 0.950 bits per heavy atom. The quantitative estimate of drug-likeness (QED) is 0.800. The molecule has 1 amide bonds. The standard InChI is InChI=1S/C17H17NO2/c1-18-16(13-6-4-3-5-7-13)15(17(18)19)12-8-10-14(20-2)11-9-12/h3-11,15-16H,1-2H3/t15-,16-/m1/s1. The molecule has 2 atom stereocenters. The number of likely N-dealkylation sites (N-methyl/N-ethyl adjacent to an activating group) is 1. The second kappa shape index (κ2) is 5.00. The van der Waals surface area contributed by atoms with Gasteiger partial charge in [0.15, 0.2) is 0 Å². The van der Waals surface area contributed by atoms with Gasteiger partial charge in [0.05, 0.1) is 19.1 Å². The van der Waals surface area contributed by atoms with E-state index < -0.39 is 0 Å². The van der Waals surface area contributed by atoms with Gasteiger partial charge in [0.1, 0.15) is 5.75 Å². The number of likely N-dealkylation sites (tertiary alicyclic amines) is 1. The first kappa shape index (κ1) is 12.7. The predicted molar refractivity (Wildman–Crippen MR) is 77.7 cm³/mol. The average molecular weight is 267 g/mol. The lowest BCUT2D eigenvalue weighted by Gasteiger charge is -2.45. The van der Waals surface area contributed by atoms with Crippen LogP contribution in [0.25, 0.3) is 0 Å². The van der Waals surface area contributed by atoms with Crippen molar-refractivity contribution in [2.24, 2.45) is 0 Å². The molecule has 20 heavy (non-hydrogen) atoms. The molecule has 2 aromatic carbocycles. The number of amides is 1. The third kappa shape index (κ3) is 1.95. The zero-order valence-corrected chi connectivity index (χ0v) is 11.6. The van der Waals surface area contributed by atoms with Gasteiger partial charge in [-0.25, -0.2) is 0 Å². The number of benzene rings is 2. The van der Waals surface area contributed by atoms with Crippen LogP contribution in [-0.4, -0.2) is 25.0 Å². The van der Waals surface area contributed by atoms with E-state index in [1.807, 2.05) is 54.4 Å². The SMILES string of the molecule is COc1ccc([C@H]2C(=O)N(C)[C@@H]2c2ccccc2)cc1. The van der Waals surface area contributed by atoms with Crippen molar-refractivity contribution in [2.45, 2.75) is 12.0 Å². The van der Waals surface area contributed by atoms with Crippen molar-refractivity contribution in [3.8, 4) is 5.75 Å². The summed E-state index contributed by atoms with van der Waals surface area (Å²) in [7, 11) is 3.50. The van der Waals surface area contributed by atoms with E-state index in [2.05, 4.69) is 12.1 Å². The van der Waals surface area contributed by atoms with Gasteiger partial charge >= 0.3 is 0 Å². The molecule has 0 aliphatic carbocycles. The first-order chi connectivity index (χ1) is 9.72. The molecule has 0 unspecified atom stereocenters. The zero-order valence-electron chi connectivity index (χ0n) is 11.6. The van der Waals surface area contributed by atoms with E-state index in [0.717, 1.165) is 11.3 Å². The van der Waals surface area contributed by atoms with E-state index in [0.29, 0.717) is 0 Å². The summed E-state index contributed by atoms with van der Waals surface area (Å²) in [6.07, 6.45) is 0. The molecule has 1 fully saturated rings. The van der Waals surface area contributed by atoms with Crippen molar-refractivity contribution in [3.05, 3.63) is 65.7 Å². The van der Waals surface area contributed by atoms with E-state index in [-0.39, 0.29) is 17.9 Å². The summed E-state index contributed by atoms with van der Waals surface area (Å²) >= 11 is 0. The maximum absolute atomic E-state index is 12.2. The van der Waals surface area contributed by atoms with E-state index >= 15 is 0 Å². The third-order valence-corrected chi connectivity index (χ3v) is 3.96. The van der Waals surface area contributed by atoms with E-state index in [4.69, 9.17) is 4.74 Å². The minimum absolute atomic E-state index is 0.0895. The number of ether oxygens (including phenoxy) is 1. The molecule has 0 aromatic heterocycles. The van der Waals surface area contributed by atoms with Crippen molar-refractivity contribution in [1.29, 1.82) is 0 Å². The topological polar surface area (TPSA) is 29.5 Å². The largest absolute Gasteiger partial charge is 0.497 e. The molecule has 1 aliphatic rings. The van der Waals surface area contributed by atoms with Crippen LogP contribution in [0.15, 0.2) is 54.6 Å². The molecule has 3 rings (SSSR count). The fraction of sp³-hybridized carbons (Fsp3) is 0.235. The van der Waals surface area contributed by atoms with Crippen LogP contribution in [-0.2, 0) is 4.79 Å². The highest BCUT2D eigenvalue weighted by molar-refractivity contribution is 5.91. The lowest BCUT2D eigenvalue weighted by Crippen LogP contribution is -2.50. The molecule has 0 bridgehead atoms. The van der Waals surface area contributed by atoms with Gasteiger partial charge in [-0.15, -0.1) is 0 Å². The Morgan fingerprint density at radius 2 is 1.60 bits per heavy atom. The number of rotatable bonds is 3. The smallest absolute Gasteiger partial charge is 0.232 e. The van der Waals surface area contributed by atoms with Crippen LogP contribution in [0.5, 0.6) is 5.75 Å². The minimum Gasteiger partial charge on any atom is -0.497 e. The third-order valence-electron chi connectivity index (χ3n) is 3.96. The van der Waals surface area contributed by atoms with Crippen molar-refractivity contribution in [3.63, 3.8) is 0 Å². The van der Waals surface area contributed by atoms with Gasteiger partial charge in [-0.05, 0) is 23.3 Å². The first-order valence-electron chi connectivity index (χ1n) is 6.68. The summed E-state index contributed by atoms with van der Waals surface area (Å²) < 4.78 is 5.16. The summed E-state index contributed by atoms with van der Waals surface area (Å²) in [5, 5.41) is 0. The molecule has 1 aliphatic heterocycles. The number of β-lactam (4-membered cyclic amide) rings is 1. The van der Waals surface area contributed by atoms with Crippen LogP contribution >= 0.6 is 0 Å².